The van der Waals surface area contributed by atoms with Crippen LogP contribution in [0.2, 0.25) is 0 Å². The summed E-state index contributed by atoms with van der Waals surface area (Å²) in [6, 6.07) is 89.8. The fourth-order valence-electron chi connectivity index (χ4n) is 9.14. The second-order valence-corrected chi connectivity index (χ2v) is 18.4. The number of aryl methyl sites for hydroxylation is 6. The number of benzene rings is 11. The zero-order chi connectivity index (χ0) is 49.1. The fraction of sp³-hybridized carbons (Fsp3) is 0.0857. The third-order valence-electron chi connectivity index (χ3n) is 13.2. The lowest BCUT2D eigenvalue weighted by Crippen LogP contribution is -1.92. The molecule has 0 unspecified atom stereocenters. The van der Waals surface area contributed by atoms with Crippen molar-refractivity contribution in [3.8, 4) is 55.6 Å². The lowest BCUT2D eigenvalue weighted by Gasteiger charge is -2.16. The van der Waals surface area contributed by atoms with E-state index < -0.39 is 0 Å². The number of hydrogen-bond donors (Lipinski definition) is 0. The highest BCUT2D eigenvalue weighted by Gasteiger charge is 2.14. The van der Waals surface area contributed by atoms with Crippen LogP contribution < -0.4 is 0 Å². The second-order valence-electron chi connectivity index (χ2n) is 18.4. The Kier molecular flexibility index (Phi) is 14.9. The van der Waals surface area contributed by atoms with Crippen LogP contribution >= 0.6 is 0 Å². The molecule has 0 aliphatic rings. The van der Waals surface area contributed by atoms with Crippen molar-refractivity contribution in [1.82, 2.24) is 0 Å². The zero-order valence-electron chi connectivity index (χ0n) is 41.7. The van der Waals surface area contributed by atoms with Crippen molar-refractivity contribution in [3.05, 3.63) is 288 Å². The minimum atomic E-state index is 0.946. The summed E-state index contributed by atoms with van der Waals surface area (Å²) in [7, 11) is 0. The van der Waals surface area contributed by atoms with Crippen LogP contribution in [0.1, 0.15) is 33.4 Å². The summed E-state index contributed by atoms with van der Waals surface area (Å²) in [5, 5.41) is 5.01. The van der Waals surface area contributed by atoms with Gasteiger partial charge in [-0.05, 0) is 132 Å². The molecule has 0 atom stereocenters. The maximum Gasteiger partial charge on any atom is 0.143 e. The first-order valence-corrected chi connectivity index (χ1v) is 24.6. The Hall–Kier alpha value is -8.52. The van der Waals surface area contributed by atoms with Crippen molar-refractivity contribution in [2.75, 3.05) is 0 Å². The summed E-state index contributed by atoms with van der Waals surface area (Å²) in [5.41, 5.74) is 22.4. The molecule has 1 nitrogen and oxygen atoms in total. The largest absolute Gasteiger partial charge is 0.455 e. The Labute approximate surface area is 420 Å². The van der Waals surface area contributed by atoms with Gasteiger partial charge in [0.2, 0.25) is 0 Å². The average molecular weight is 917 g/mol. The van der Waals surface area contributed by atoms with Gasteiger partial charge in [-0.3, -0.25) is 0 Å². The highest BCUT2D eigenvalue weighted by Crippen LogP contribution is 2.39. The first kappa shape index (κ1) is 47.5. The monoisotopic (exact) mass is 916 g/mol. The molecule has 12 aromatic rings. The molecular weight excluding hydrogens is 857 g/mol. The number of fused-ring (bicyclic) bond motifs is 4. The molecule has 0 saturated heterocycles. The van der Waals surface area contributed by atoms with Crippen LogP contribution in [0.3, 0.4) is 0 Å². The van der Waals surface area contributed by atoms with E-state index in [0.717, 1.165) is 16.7 Å². The van der Waals surface area contributed by atoms with Gasteiger partial charge in [-0.1, -0.05) is 259 Å². The number of furan rings is 1. The van der Waals surface area contributed by atoms with Crippen molar-refractivity contribution >= 4 is 32.7 Å². The molecule has 1 aromatic heterocycles. The molecule has 1 heterocycles. The first-order valence-electron chi connectivity index (χ1n) is 24.6. The molecule has 12 rings (SSSR count). The minimum absolute atomic E-state index is 0.946. The quantitative estimate of drug-likeness (QED) is 0.168. The molecule has 0 N–H and O–H groups in total. The third kappa shape index (κ3) is 11.3. The second kappa shape index (κ2) is 22.3. The predicted octanol–water partition coefficient (Wildman–Crippen LogP) is 20.0. The predicted molar refractivity (Wildman–Crippen MR) is 306 cm³/mol. The molecule has 0 spiro atoms. The van der Waals surface area contributed by atoms with Crippen LogP contribution in [-0.4, -0.2) is 0 Å². The summed E-state index contributed by atoms with van der Waals surface area (Å²) in [4.78, 5) is 0. The summed E-state index contributed by atoms with van der Waals surface area (Å²) in [6.45, 7) is 12.9. The molecule has 0 amide bonds. The maximum absolute atomic E-state index is 6.07. The fourth-order valence-corrected chi connectivity index (χ4v) is 9.14. The molecular formula is C70H60O. The first-order chi connectivity index (χ1) is 34.7. The van der Waals surface area contributed by atoms with Crippen molar-refractivity contribution in [2.45, 2.75) is 41.5 Å². The van der Waals surface area contributed by atoms with E-state index in [4.69, 9.17) is 4.42 Å². The van der Waals surface area contributed by atoms with Gasteiger partial charge in [-0.15, -0.1) is 0 Å². The average Bonchev–Trinajstić information content (AvgIpc) is 3.80. The summed E-state index contributed by atoms with van der Waals surface area (Å²) in [5.74, 6) is 0. The molecule has 11 aromatic carbocycles. The molecule has 0 aliphatic carbocycles. The van der Waals surface area contributed by atoms with Gasteiger partial charge in [-0.2, -0.15) is 0 Å². The van der Waals surface area contributed by atoms with Crippen LogP contribution in [0, 0.1) is 41.5 Å². The molecule has 0 radical (unpaired) electrons. The Bertz CT molecular complexity index is 3650. The van der Waals surface area contributed by atoms with Gasteiger partial charge in [0.1, 0.15) is 11.2 Å². The van der Waals surface area contributed by atoms with Crippen LogP contribution in [0.5, 0.6) is 0 Å². The summed E-state index contributed by atoms with van der Waals surface area (Å²) < 4.78 is 6.07. The van der Waals surface area contributed by atoms with E-state index in [1.807, 2.05) is 36.4 Å². The lowest BCUT2D eigenvalue weighted by molar-refractivity contribution is 0.670. The van der Waals surface area contributed by atoms with E-state index in [0.29, 0.717) is 0 Å². The van der Waals surface area contributed by atoms with Gasteiger partial charge in [0.05, 0.1) is 0 Å². The zero-order valence-corrected chi connectivity index (χ0v) is 41.7. The smallest absolute Gasteiger partial charge is 0.143 e. The molecule has 0 saturated carbocycles. The third-order valence-corrected chi connectivity index (χ3v) is 13.2. The molecule has 71 heavy (non-hydrogen) atoms. The van der Waals surface area contributed by atoms with E-state index >= 15 is 0 Å². The van der Waals surface area contributed by atoms with E-state index in [2.05, 4.69) is 260 Å². The van der Waals surface area contributed by atoms with Gasteiger partial charge < -0.3 is 4.42 Å². The Morgan fingerprint density at radius 3 is 1.25 bits per heavy atom. The van der Waals surface area contributed by atoms with Gasteiger partial charge >= 0.3 is 0 Å². The van der Waals surface area contributed by atoms with Crippen molar-refractivity contribution in [1.29, 1.82) is 0 Å². The van der Waals surface area contributed by atoms with E-state index in [1.165, 1.54) is 105 Å². The van der Waals surface area contributed by atoms with Crippen molar-refractivity contribution < 1.29 is 4.42 Å². The van der Waals surface area contributed by atoms with E-state index in [9.17, 15) is 0 Å². The molecule has 0 fully saturated rings. The minimum Gasteiger partial charge on any atom is -0.455 e. The molecule has 0 aliphatic heterocycles. The van der Waals surface area contributed by atoms with Crippen LogP contribution in [0.25, 0.3) is 88.3 Å². The SMILES string of the molecule is Cc1ccc(-c2cc(-c3ccccc3C)c(C)c3ccccc23)cc1.Cc1ccc(-c2cccc(-c3ccccc3)c2)cc1.Cc1ccc(-c2cccc3c2oc2ccccc23)cc1.Cc1ccccc1. The Morgan fingerprint density at radius 1 is 0.239 bits per heavy atom. The Balaban J connectivity index is 0.000000124. The van der Waals surface area contributed by atoms with Gasteiger partial charge in [-0.25, -0.2) is 0 Å². The highest BCUT2D eigenvalue weighted by molar-refractivity contribution is 6.09. The number of rotatable bonds is 5. The van der Waals surface area contributed by atoms with E-state index in [1.54, 1.807) is 0 Å². The Morgan fingerprint density at radius 2 is 0.662 bits per heavy atom. The number of hydrogen-bond acceptors (Lipinski definition) is 1. The van der Waals surface area contributed by atoms with Gasteiger partial charge in [0.15, 0.2) is 0 Å². The highest BCUT2D eigenvalue weighted by atomic mass is 16.3. The molecule has 0 bridgehead atoms. The van der Waals surface area contributed by atoms with Crippen molar-refractivity contribution in [3.63, 3.8) is 0 Å². The maximum atomic E-state index is 6.07. The normalized spacial score (nSPS) is 10.7. The van der Waals surface area contributed by atoms with Crippen molar-refractivity contribution in [2.24, 2.45) is 0 Å². The summed E-state index contributed by atoms with van der Waals surface area (Å²) in [6.07, 6.45) is 0. The molecule has 346 valence electrons. The van der Waals surface area contributed by atoms with E-state index in [-0.39, 0.29) is 0 Å². The van der Waals surface area contributed by atoms with Gasteiger partial charge in [0, 0.05) is 16.3 Å². The van der Waals surface area contributed by atoms with Crippen LogP contribution in [-0.2, 0) is 0 Å². The topological polar surface area (TPSA) is 13.1 Å². The molecule has 1 heteroatoms. The van der Waals surface area contributed by atoms with Crippen LogP contribution in [0.15, 0.2) is 259 Å². The van der Waals surface area contributed by atoms with Gasteiger partial charge in [0.25, 0.3) is 0 Å². The lowest BCUT2D eigenvalue weighted by atomic mass is 9.87. The standard InChI is InChI=1S/C25H22.C19H14O.C19H16.C7H8/c1-17-12-14-20(15-13-17)25-16-24(21-9-5-4-8-18(21)2)19(3)22-10-6-7-11-23(22)25;1-13-9-11-14(12-10-13)15-6-4-7-17-16-5-2-3-8-18(16)20-19(15)17;1-15-10-12-17(13-11-15)19-9-5-8-18(14-19)16-6-3-2-4-7-16;1-7-5-3-2-4-6-7/h4-16H,1-3H3;2-12H,1H3;2-14H,1H3;2-6H,1H3. The van der Waals surface area contributed by atoms with Crippen LogP contribution in [0.4, 0.5) is 0 Å². The summed E-state index contributed by atoms with van der Waals surface area (Å²) >= 11 is 0. The number of para-hydroxylation sites is 2.